The van der Waals surface area contributed by atoms with E-state index in [2.05, 4.69) is 15.6 Å². The van der Waals surface area contributed by atoms with Gasteiger partial charge in [-0.05, 0) is 37.1 Å². The zero-order chi connectivity index (χ0) is 28.1. The third kappa shape index (κ3) is 5.78. The molecule has 0 aliphatic carbocycles. The van der Waals surface area contributed by atoms with E-state index in [-0.39, 0.29) is 16.7 Å². The number of carbonyl (C=O) groups is 4. The summed E-state index contributed by atoms with van der Waals surface area (Å²) < 4.78 is 5.19. The van der Waals surface area contributed by atoms with Gasteiger partial charge in [-0.15, -0.1) is 11.3 Å². The SMILES string of the molecule is CCN(CC)C(=O)c1csc(NC(=O)[C@H]([C@@H](C)c2ccccc2)N2C(=O)N[C@H](c3ccc(OC)cc3)C2=O)n1. The number of methoxy groups -OCH3 is 1. The number of anilines is 1. The van der Waals surface area contributed by atoms with Crippen LogP contribution in [0.4, 0.5) is 9.93 Å². The Kier molecular flexibility index (Phi) is 8.60. The van der Waals surface area contributed by atoms with Crippen molar-refractivity contribution in [2.45, 2.75) is 38.8 Å². The predicted octanol–water partition coefficient (Wildman–Crippen LogP) is 4.04. The standard InChI is InChI=1S/C28H31N5O5S/c1-5-32(6-2)25(35)21-16-39-27(29-21)31-24(34)23(17(3)18-10-8-7-9-11-18)33-26(36)22(30-28(33)37)19-12-14-20(38-4)15-13-19/h7-17,22-23H,5-6H2,1-4H3,(H,30,37)(H,29,31,34)/t17-,22+,23-/m0/s1. The van der Waals surface area contributed by atoms with E-state index in [1.54, 1.807) is 48.6 Å². The Morgan fingerprint density at radius 2 is 1.77 bits per heavy atom. The topological polar surface area (TPSA) is 121 Å². The van der Waals surface area contributed by atoms with E-state index < -0.39 is 35.8 Å². The van der Waals surface area contributed by atoms with Crippen LogP contribution in [0.5, 0.6) is 5.75 Å². The predicted molar refractivity (Wildman–Crippen MR) is 148 cm³/mol. The summed E-state index contributed by atoms with van der Waals surface area (Å²) in [6.45, 7) is 6.62. The van der Waals surface area contributed by atoms with Crippen LogP contribution in [0.15, 0.2) is 60.0 Å². The second kappa shape index (κ2) is 12.1. The molecule has 5 amide bonds. The number of thiazole rings is 1. The number of hydrogen-bond acceptors (Lipinski definition) is 7. The lowest BCUT2D eigenvalue weighted by molar-refractivity contribution is -0.134. The maximum absolute atomic E-state index is 13.7. The van der Waals surface area contributed by atoms with E-state index in [9.17, 15) is 19.2 Å². The zero-order valence-corrected chi connectivity index (χ0v) is 23.0. The summed E-state index contributed by atoms with van der Waals surface area (Å²) in [7, 11) is 1.54. The molecule has 2 aromatic carbocycles. The molecule has 1 aliphatic rings. The maximum atomic E-state index is 13.7. The number of hydrogen-bond donors (Lipinski definition) is 2. The summed E-state index contributed by atoms with van der Waals surface area (Å²) in [5.74, 6) is -1.27. The Bertz CT molecular complexity index is 1340. The molecular formula is C28H31N5O5S. The monoisotopic (exact) mass is 549 g/mol. The molecule has 3 atom stereocenters. The first-order valence-corrected chi connectivity index (χ1v) is 13.5. The van der Waals surface area contributed by atoms with Gasteiger partial charge in [0.25, 0.3) is 11.8 Å². The van der Waals surface area contributed by atoms with Gasteiger partial charge >= 0.3 is 6.03 Å². The number of nitrogens with one attached hydrogen (secondary N) is 2. The van der Waals surface area contributed by atoms with Gasteiger partial charge < -0.3 is 20.3 Å². The van der Waals surface area contributed by atoms with Crippen molar-refractivity contribution >= 4 is 40.2 Å². The Morgan fingerprint density at radius 3 is 2.38 bits per heavy atom. The second-order valence-corrected chi connectivity index (χ2v) is 9.87. The zero-order valence-electron chi connectivity index (χ0n) is 22.2. The molecule has 0 radical (unpaired) electrons. The number of rotatable bonds is 10. The molecule has 10 nitrogen and oxygen atoms in total. The minimum absolute atomic E-state index is 0.208. The van der Waals surface area contributed by atoms with E-state index in [0.29, 0.717) is 24.4 Å². The van der Waals surface area contributed by atoms with Crippen molar-refractivity contribution in [3.63, 3.8) is 0 Å². The van der Waals surface area contributed by atoms with E-state index in [1.807, 2.05) is 44.2 Å². The van der Waals surface area contributed by atoms with Crippen molar-refractivity contribution in [2.24, 2.45) is 0 Å². The fourth-order valence-corrected chi connectivity index (χ4v) is 5.26. The number of ether oxygens (including phenoxy) is 1. The van der Waals surface area contributed by atoms with Crippen LogP contribution in [0.25, 0.3) is 0 Å². The van der Waals surface area contributed by atoms with Crippen molar-refractivity contribution in [1.29, 1.82) is 0 Å². The summed E-state index contributed by atoms with van der Waals surface area (Å²) in [6, 6.07) is 13.2. The molecule has 1 fully saturated rings. The minimum atomic E-state index is -1.17. The molecule has 0 unspecified atom stereocenters. The average Bonchev–Trinajstić information content (AvgIpc) is 3.54. The summed E-state index contributed by atoms with van der Waals surface area (Å²) in [6.07, 6.45) is 0. The van der Waals surface area contributed by atoms with Crippen molar-refractivity contribution in [1.82, 2.24) is 20.1 Å². The Balaban J connectivity index is 1.63. The first-order valence-electron chi connectivity index (χ1n) is 12.7. The van der Waals surface area contributed by atoms with E-state index in [0.717, 1.165) is 21.8 Å². The number of aromatic nitrogens is 1. The van der Waals surface area contributed by atoms with Gasteiger partial charge in [0.2, 0.25) is 5.91 Å². The quantitative estimate of drug-likeness (QED) is 0.368. The van der Waals surface area contributed by atoms with Crippen LogP contribution in [0.3, 0.4) is 0 Å². The van der Waals surface area contributed by atoms with Crippen molar-refractivity contribution in [3.05, 3.63) is 76.8 Å². The molecule has 204 valence electrons. The molecule has 0 bridgehead atoms. The highest BCUT2D eigenvalue weighted by atomic mass is 32.1. The van der Waals surface area contributed by atoms with Gasteiger partial charge in [-0.3, -0.25) is 14.4 Å². The number of urea groups is 1. The van der Waals surface area contributed by atoms with Crippen LogP contribution >= 0.6 is 11.3 Å². The Hall–Kier alpha value is -4.25. The summed E-state index contributed by atoms with van der Waals surface area (Å²) >= 11 is 1.11. The molecule has 39 heavy (non-hydrogen) atoms. The van der Waals surface area contributed by atoms with Crippen LogP contribution in [-0.2, 0) is 9.59 Å². The molecule has 2 heterocycles. The number of benzene rings is 2. The summed E-state index contributed by atoms with van der Waals surface area (Å²) in [5.41, 5.74) is 1.58. The lowest BCUT2D eigenvalue weighted by Crippen LogP contribution is -2.50. The van der Waals surface area contributed by atoms with Crippen LogP contribution < -0.4 is 15.4 Å². The van der Waals surface area contributed by atoms with E-state index >= 15 is 0 Å². The first kappa shape index (κ1) is 27.8. The molecule has 4 rings (SSSR count). The first-order chi connectivity index (χ1) is 18.8. The molecular weight excluding hydrogens is 518 g/mol. The van der Waals surface area contributed by atoms with Gasteiger partial charge in [0.1, 0.15) is 23.5 Å². The van der Waals surface area contributed by atoms with Crippen LogP contribution in [-0.4, -0.2) is 64.8 Å². The molecule has 1 aliphatic heterocycles. The minimum Gasteiger partial charge on any atom is -0.497 e. The van der Waals surface area contributed by atoms with Gasteiger partial charge in [0.05, 0.1) is 7.11 Å². The number of imide groups is 1. The lowest BCUT2D eigenvalue weighted by atomic mass is 9.91. The average molecular weight is 550 g/mol. The largest absolute Gasteiger partial charge is 0.497 e. The Labute approximate surface area is 231 Å². The van der Waals surface area contributed by atoms with Crippen LogP contribution in [0.2, 0.25) is 0 Å². The van der Waals surface area contributed by atoms with E-state index in [4.69, 9.17) is 4.74 Å². The second-order valence-electron chi connectivity index (χ2n) is 9.01. The van der Waals surface area contributed by atoms with Crippen molar-refractivity contribution in [2.75, 3.05) is 25.5 Å². The third-order valence-electron chi connectivity index (χ3n) is 6.77. The molecule has 11 heteroatoms. The number of carbonyl (C=O) groups excluding carboxylic acids is 4. The Morgan fingerprint density at radius 1 is 1.10 bits per heavy atom. The van der Waals surface area contributed by atoms with E-state index in [1.165, 1.54) is 0 Å². The molecule has 1 aromatic heterocycles. The van der Waals surface area contributed by atoms with Gasteiger partial charge in [-0.25, -0.2) is 14.7 Å². The van der Waals surface area contributed by atoms with Crippen molar-refractivity contribution in [3.8, 4) is 5.75 Å². The fraction of sp³-hybridized carbons (Fsp3) is 0.321. The highest BCUT2D eigenvalue weighted by molar-refractivity contribution is 7.14. The summed E-state index contributed by atoms with van der Waals surface area (Å²) in [4.78, 5) is 60.1. The van der Waals surface area contributed by atoms with Crippen LogP contribution in [0, 0.1) is 0 Å². The van der Waals surface area contributed by atoms with Gasteiger partial charge in [0.15, 0.2) is 5.13 Å². The van der Waals surface area contributed by atoms with Gasteiger partial charge in [-0.1, -0.05) is 49.4 Å². The van der Waals surface area contributed by atoms with Gasteiger partial charge in [-0.2, -0.15) is 0 Å². The van der Waals surface area contributed by atoms with Crippen molar-refractivity contribution < 1.29 is 23.9 Å². The fourth-order valence-electron chi connectivity index (χ4n) is 4.57. The summed E-state index contributed by atoms with van der Waals surface area (Å²) in [5, 5.41) is 7.24. The smallest absolute Gasteiger partial charge is 0.325 e. The molecule has 3 aromatic rings. The third-order valence-corrected chi connectivity index (χ3v) is 7.53. The molecule has 1 saturated heterocycles. The molecule has 2 N–H and O–H groups in total. The highest BCUT2D eigenvalue weighted by Crippen LogP contribution is 2.32. The highest BCUT2D eigenvalue weighted by Gasteiger charge is 2.47. The number of nitrogens with zero attached hydrogens (tertiary/aromatic N) is 3. The lowest BCUT2D eigenvalue weighted by Gasteiger charge is -2.29. The van der Waals surface area contributed by atoms with Crippen LogP contribution in [0.1, 0.15) is 54.3 Å². The molecule has 0 spiro atoms. The van der Waals surface area contributed by atoms with Gasteiger partial charge in [0, 0.05) is 24.4 Å². The molecule has 0 saturated carbocycles. The normalized spacial score (nSPS) is 16.4. The number of amides is 5. The maximum Gasteiger partial charge on any atom is 0.325 e.